The summed E-state index contributed by atoms with van der Waals surface area (Å²) in [6.45, 7) is 1.57. The zero-order chi connectivity index (χ0) is 16.4. The highest BCUT2D eigenvalue weighted by Crippen LogP contribution is 2.31. The molecule has 0 aliphatic rings. The fourth-order valence-electron chi connectivity index (χ4n) is 1.66. The Morgan fingerprint density at radius 1 is 1.43 bits per heavy atom. The number of rotatable bonds is 5. The summed E-state index contributed by atoms with van der Waals surface area (Å²) in [7, 11) is -2.77. The van der Waals surface area contributed by atoms with E-state index >= 15 is 0 Å². The van der Waals surface area contributed by atoms with Gasteiger partial charge in [-0.2, -0.15) is 17.5 Å². The van der Waals surface area contributed by atoms with Gasteiger partial charge in [0, 0.05) is 19.5 Å². The minimum absolute atomic E-state index is 0.133. The van der Waals surface area contributed by atoms with Gasteiger partial charge in [0.25, 0.3) is 0 Å². The number of alkyl halides is 3. The largest absolute Gasteiger partial charge is 0.416 e. The van der Waals surface area contributed by atoms with Gasteiger partial charge >= 0.3 is 6.18 Å². The van der Waals surface area contributed by atoms with Crippen molar-refractivity contribution in [2.24, 2.45) is 5.73 Å². The van der Waals surface area contributed by atoms with Gasteiger partial charge in [0.2, 0.25) is 10.0 Å². The molecule has 1 unspecified atom stereocenters. The molecule has 0 heterocycles. The van der Waals surface area contributed by atoms with Gasteiger partial charge in [0.1, 0.15) is 0 Å². The molecule has 0 fully saturated rings. The van der Waals surface area contributed by atoms with Crippen molar-refractivity contribution in [1.82, 2.24) is 4.31 Å². The molecule has 1 rings (SSSR count). The van der Waals surface area contributed by atoms with Crippen LogP contribution in [0.2, 0.25) is 0 Å². The molecule has 1 aromatic carbocycles. The summed E-state index contributed by atoms with van der Waals surface area (Å²) >= 11 is 4.71. The molecule has 21 heavy (non-hydrogen) atoms. The second kappa shape index (κ2) is 6.29. The van der Waals surface area contributed by atoms with Crippen LogP contribution in [0.3, 0.4) is 0 Å². The minimum atomic E-state index is -4.60. The molecular weight excluding hydrogens is 325 g/mol. The smallest absolute Gasteiger partial charge is 0.393 e. The van der Waals surface area contributed by atoms with E-state index in [9.17, 15) is 21.6 Å². The number of nitrogens with zero attached hydrogens (tertiary/aromatic N) is 1. The lowest BCUT2D eigenvalue weighted by Gasteiger charge is -2.24. The van der Waals surface area contributed by atoms with Gasteiger partial charge in [-0.3, -0.25) is 0 Å². The second-order valence-corrected chi connectivity index (χ2v) is 7.09. The van der Waals surface area contributed by atoms with Crippen molar-refractivity contribution in [2.45, 2.75) is 30.5 Å². The summed E-state index contributed by atoms with van der Waals surface area (Å²) < 4.78 is 63.5. The standard InChI is InChI=1S/C12H15F3N2O2S2/c1-8(6-11(16)20)17(2)21(18,19)10-5-3-4-9(7-10)12(13,14)15/h3-5,7-8H,6H2,1-2H3,(H2,16,20). The number of nitrogens with two attached hydrogens (primary N) is 1. The van der Waals surface area contributed by atoms with Crippen molar-refractivity contribution in [3.8, 4) is 0 Å². The van der Waals surface area contributed by atoms with E-state index in [1.807, 2.05) is 0 Å². The molecule has 0 saturated carbocycles. The van der Waals surface area contributed by atoms with Crippen LogP contribution in [-0.2, 0) is 16.2 Å². The number of benzene rings is 1. The van der Waals surface area contributed by atoms with Gasteiger partial charge in [0.15, 0.2) is 0 Å². The van der Waals surface area contributed by atoms with Crippen LogP contribution in [-0.4, -0.2) is 30.8 Å². The fourth-order valence-corrected chi connectivity index (χ4v) is 3.30. The fraction of sp³-hybridized carbons (Fsp3) is 0.417. The van der Waals surface area contributed by atoms with Crippen LogP contribution in [0.5, 0.6) is 0 Å². The van der Waals surface area contributed by atoms with Crippen LogP contribution in [0.25, 0.3) is 0 Å². The first-order valence-corrected chi connectivity index (χ1v) is 7.74. The highest BCUT2D eigenvalue weighted by Gasteiger charge is 2.33. The third kappa shape index (κ3) is 4.39. The van der Waals surface area contributed by atoms with Gasteiger partial charge < -0.3 is 5.73 Å². The topological polar surface area (TPSA) is 63.4 Å². The average Bonchev–Trinajstić information content (AvgIpc) is 2.36. The average molecular weight is 340 g/mol. The zero-order valence-electron chi connectivity index (χ0n) is 11.4. The molecule has 0 radical (unpaired) electrons. The third-order valence-corrected chi connectivity index (χ3v) is 5.09. The minimum Gasteiger partial charge on any atom is -0.393 e. The molecule has 9 heteroatoms. The van der Waals surface area contributed by atoms with Gasteiger partial charge in [0.05, 0.1) is 15.4 Å². The summed E-state index contributed by atoms with van der Waals surface area (Å²) in [5.41, 5.74) is 4.34. The molecule has 0 spiro atoms. The van der Waals surface area contributed by atoms with Crippen LogP contribution in [0, 0.1) is 0 Å². The zero-order valence-corrected chi connectivity index (χ0v) is 13.0. The Hall–Kier alpha value is -1.19. The Morgan fingerprint density at radius 3 is 2.48 bits per heavy atom. The van der Waals surface area contributed by atoms with Gasteiger partial charge in [-0.15, -0.1) is 0 Å². The van der Waals surface area contributed by atoms with E-state index in [1.54, 1.807) is 6.92 Å². The van der Waals surface area contributed by atoms with E-state index in [2.05, 4.69) is 0 Å². The van der Waals surface area contributed by atoms with E-state index in [1.165, 1.54) is 7.05 Å². The lowest BCUT2D eigenvalue weighted by atomic mass is 10.2. The number of thiocarbonyl (C=S) groups is 1. The maximum atomic E-state index is 12.6. The predicted molar refractivity (Wildman–Crippen MR) is 77.3 cm³/mol. The second-order valence-electron chi connectivity index (χ2n) is 4.57. The highest BCUT2D eigenvalue weighted by molar-refractivity contribution is 7.89. The first kappa shape index (κ1) is 17.9. The normalized spacial score (nSPS) is 14.2. The lowest BCUT2D eigenvalue weighted by Crippen LogP contribution is -2.37. The van der Waals surface area contributed by atoms with Crippen LogP contribution < -0.4 is 5.73 Å². The van der Waals surface area contributed by atoms with Crippen molar-refractivity contribution in [3.63, 3.8) is 0 Å². The molecule has 0 aliphatic carbocycles. The monoisotopic (exact) mass is 340 g/mol. The summed E-state index contributed by atoms with van der Waals surface area (Å²) in [6, 6.07) is 3.05. The van der Waals surface area contributed by atoms with E-state index in [4.69, 9.17) is 18.0 Å². The van der Waals surface area contributed by atoms with E-state index in [0.29, 0.717) is 6.07 Å². The summed E-state index contributed by atoms with van der Waals surface area (Å²) in [5, 5.41) is 0. The van der Waals surface area contributed by atoms with Crippen LogP contribution >= 0.6 is 12.2 Å². The number of hydrogen-bond donors (Lipinski definition) is 1. The predicted octanol–water partition coefficient (Wildman–Crippen LogP) is 2.39. The van der Waals surface area contributed by atoms with Gasteiger partial charge in [-0.25, -0.2) is 8.42 Å². The maximum Gasteiger partial charge on any atom is 0.416 e. The quantitative estimate of drug-likeness (QED) is 0.836. The highest BCUT2D eigenvalue weighted by atomic mass is 32.2. The van der Waals surface area contributed by atoms with Crippen molar-refractivity contribution >= 4 is 27.2 Å². The SMILES string of the molecule is CC(CC(N)=S)N(C)S(=O)(=O)c1cccc(C(F)(F)F)c1. The molecule has 4 nitrogen and oxygen atoms in total. The van der Waals surface area contributed by atoms with E-state index in [0.717, 1.165) is 22.5 Å². The Balaban J connectivity index is 3.16. The molecule has 1 atom stereocenters. The Bertz CT molecular complexity index is 630. The Morgan fingerprint density at radius 2 is 2.00 bits per heavy atom. The van der Waals surface area contributed by atoms with Crippen molar-refractivity contribution in [1.29, 1.82) is 0 Å². The van der Waals surface area contributed by atoms with Crippen molar-refractivity contribution in [2.75, 3.05) is 7.05 Å². The van der Waals surface area contributed by atoms with Crippen LogP contribution in [0.15, 0.2) is 29.2 Å². The number of sulfonamides is 1. The molecule has 0 aliphatic heterocycles. The lowest BCUT2D eigenvalue weighted by molar-refractivity contribution is -0.137. The summed E-state index contributed by atoms with van der Waals surface area (Å²) in [5.74, 6) is 0. The Labute approximate surface area is 126 Å². The maximum absolute atomic E-state index is 12.6. The van der Waals surface area contributed by atoms with Crippen LogP contribution in [0.4, 0.5) is 13.2 Å². The van der Waals surface area contributed by atoms with Crippen molar-refractivity contribution < 1.29 is 21.6 Å². The third-order valence-electron chi connectivity index (χ3n) is 2.96. The first-order chi connectivity index (χ1) is 9.46. The molecule has 0 bridgehead atoms. The summed E-state index contributed by atoms with van der Waals surface area (Å²) in [4.78, 5) is -0.289. The molecular formula is C12H15F3N2O2S2. The van der Waals surface area contributed by atoms with Gasteiger partial charge in [-0.1, -0.05) is 18.3 Å². The molecule has 0 saturated heterocycles. The van der Waals surface area contributed by atoms with E-state index in [-0.39, 0.29) is 11.4 Å². The molecule has 1 aromatic rings. The molecule has 118 valence electrons. The molecule has 0 aromatic heterocycles. The van der Waals surface area contributed by atoms with E-state index < -0.39 is 32.7 Å². The van der Waals surface area contributed by atoms with Crippen LogP contribution in [0.1, 0.15) is 18.9 Å². The molecule has 0 amide bonds. The number of hydrogen-bond acceptors (Lipinski definition) is 3. The van der Waals surface area contributed by atoms with Gasteiger partial charge in [-0.05, 0) is 25.1 Å². The number of halogens is 3. The van der Waals surface area contributed by atoms with Crippen molar-refractivity contribution in [3.05, 3.63) is 29.8 Å². The first-order valence-electron chi connectivity index (χ1n) is 5.90. The molecule has 2 N–H and O–H groups in total. The summed E-state index contributed by atoms with van der Waals surface area (Å²) in [6.07, 6.45) is -4.46. The Kier molecular flexibility index (Phi) is 5.35.